The molecule has 1 heterocycles. The van der Waals surface area contributed by atoms with Gasteiger partial charge in [-0.25, -0.2) is 4.79 Å². The first kappa shape index (κ1) is 23.0. The molecular weight excluding hydrogens is 378 g/mol. The Morgan fingerprint density at radius 2 is 1.83 bits per heavy atom. The first-order chi connectivity index (χ1) is 14.1. The fraction of sp³-hybridized carbons (Fsp3) is 0.375. The van der Waals surface area contributed by atoms with Crippen molar-refractivity contribution in [2.75, 3.05) is 14.1 Å². The molecule has 0 saturated heterocycles. The van der Waals surface area contributed by atoms with Crippen LogP contribution in [0.25, 0.3) is 6.08 Å². The SMILES string of the molecule is Cc1cc(/C=C(\C#N)C(=O)OC(C(=O)N(C)C)c2ccccc2)c(C)n1CC(C)C. The van der Waals surface area contributed by atoms with Crippen LogP contribution in [0.2, 0.25) is 0 Å². The Balaban J connectivity index is 2.35. The number of carbonyl (C=O) groups is 2. The van der Waals surface area contributed by atoms with Crippen molar-refractivity contribution in [1.82, 2.24) is 9.47 Å². The summed E-state index contributed by atoms with van der Waals surface area (Å²) in [5.74, 6) is -0.729. The lowest BCUT2D eigenvalue weighted by atomic mass is 10.1. The molecule has 0 bridgehead atoms. The van der Waals surface area contributed by atoms with Crippen molar-refractivity contribution in [2.45, 2.75) is 40.3 Å². The lowest BCUT2D eigenvalue weighted by Crippen LogP contribution is -2.31. The van der Waals surface area contributed by atoms with Crippen molar-refractivity contribution >= 4 is 18.0 Å². The van der Waals surface area contributed by atoms with Gasteiger partial charge in [0, 0.05) is 37.6 Å². The van der Waals surface area contributed by atoms with Crippen molar-refractivity contribution in [3.63, 3.8) is 0 Å². The third kappa shape index (κ3) is 5.38. The average molecular weight is 408 g/mol. The summed E-state index contributed by atoms with van der Waals surface area (Å²) >= 11 is 0. The maximum Gasteiger partial charge on any atom is 0.350 e. The number of benzene rings is 1. The van der Waals surface area contributed by atoms with Crippen molar-refractivity contribution in [3.8, 4) is 6.07 Å². The number of ether oxygens (including phenoxy) is 1. The van der Waals surface area contributed by atoms with Crippen LogP contribution in [-0.2, 0) is 20.9 Å². The zero-order valence-electron chi connectivity index (χ0n) is 18.5. The molecule has 1 unspecified atom stereocenters. The van der Waals surface area contributed by atoms with Gasteiger partial charge >= 0.3 is 5.97 Å². The molecule has 158 valence electrons. The summed E-state index contributed by atoms with van der Waals surface area (Å²) < 4.78 is 7.66. The number of nitriles is 1. The van der Waals surface area contributed by atoms with Gasteiger partial charge in [-0.15, -0.1) is 0 Å². The molecule has 0 saturated carbocycles. The maximum absolute atomic E-state index is 12.8. The number of esters is 1. The number of aromatic nitrogens is 1. The van der Waals surface area contributed by atoms with E-state index in [1.54, 1.807) is 38.4 Å². The van der Waals surface area contributed by atoms with Crippen LogP contribution in [0.3, 0.4) is 0 Å². The monoisotopic (exact) mass is 407 g/mol. The molecule has 6 nitrogen and oxygen atoms in total. The van der Waals surface area contributed by atoms with Crippen LogP contribution in [0, 0.1) is 31.1 Å². The van der Waals surface area contributed by atoms with Crippen molar-refractivity contribution in [3.05, 3.63) is 64.5 Å². The van der Waals surface area contributed by atoms with Gasteiger partial charge in [-0.1, -0.05) is 44.2 Å². The van der Waals surface area contributed by atoms with E-state index in [0.717, 1.165) is 23.5 Å². The standard InChI is InChI=1S/C24H29N3O3/c1-16(2)15-27-17(3)12-20(18(27)4)13-21(14-25)24(29)30-22(23(28)26(5)6)19-10-8-7-9-11-19/h7-13,16,22H,15H2,1-6H3/b21-13+. The summed E-state index contributed by atoms with van der Waals surface area (Å²) in [4.78, 5) is 26.7. The van der Waals surface area contributed by atoms with Gasteiger partial charge in [0.1, 0.15) is 11.6 Å². The topological polar surface area (TPSA) is 75.3 Å². The van der Waals surface area contributed by atoms with Gasteiger partial charge in [0.15, 0.2) is 0 Å². The van der Waals surface area contributed by atoms with Crippen molar-refractivity contribution in [1.29, 1.82) is 5.26 Å². The molecule has 1 aromatic carbocycles. The van der Waals surface area contributed by atoms with Crippen LogP contribution in [0.4, 0.5) is 0 Å². The Kier molecular flexibility index (Phi) is 7.60. The molecule has 0 spiro atoms. The summed E-state index contributed by atoms with van der Waals surface area (Å²) in [6, 6.07) is 12.7. The van der Waals surface area contributed by atoms with Gasteiger partial charge in [0.05, 0.1) is 0 Å². The molecule has 1 aromatic heterocycles. The fourth-order valence-electron chi connectivity index (χ4n) is 3.21. The quantitative estimate of drug-likeness (QED) is 0.394. The minimum absolute atomic E-state index is 0.146. The molecule has 2 rings (SSSR count). The Labute approximate surface area is 178 Å². The lowest BCUT2D eigenvalue weighted by Gasteiger charge is -2.21. The molecule has 30 heavy (non-hydrogen) atoms. The van der Waals surface area contributed by atoms with Crippen molar-refractivity contribution < 1.29 is 14.3 Å². The lowest BCUT2D eigenvalue weighted by molar-refractivity contribution is -0.156. The van der Waals surface area contributed by atoms with Crippen LogP contribution in [0.15, 0.2) is 42.0 Å². The van der Waals surface area contributed by atoms with Gasteiger partial charge in [0.2, 0.25) is 6.10 Å². The first-order valence-electron chi connectivity index (χ1n) is 9.91. The number of likely N-dealkylation sites (N-methyl/N-ethyl adjacent to an activating group) is 1. The van der Waals surface area contributed by atoms with Crippen LogP contribution in [0.5, 0.6) is 0 Å². The first-order valence-corrected chi connectivity index (χ1v) is 9.91. The molecule has 0 N–H and O–H groups in total. The van der Waals surface area contributed by atoms with Crippen LogP contribution >= 0.6 is 0 Å². The Hall–Kier alpha value is -3.33. The number of carbonyl (C=O) groups excluding carboxylic acids is 2. The van der Waals surface area contributed by atoms with E-state index in [0.29, 0.717) is 11.5 Å². The molecular formula is C24H29N3O3. The van der Waals surface area contributed by atoms with E-state index in [9.17, 15) is 14.9 Å². The number of nitrogens with zero attached hydrogens (tertiary/aromatic N) is 3. The molecule has 0 aliphatic rings. The smallest absolute Gasteiger partial charge is 0.350 e. The molecule has 6 heteroatoms. The number of amides is 1. The molecule has 0 aliphatic carbocycles. The van der Waals surface area contributed by atoms with E-state index in [2.05, 4.69) is 18.4 Å². The van der Waals surface area contributed by atoms with Gasteiger partial charge < -0.3 is 14.2 Å². The highest BCUT2D eigenvalue weighted by molar-refractivity contribution is 5.99. The molecule has 1 amide bonds. The Morgan fingerprint density at radius 3 is 2.37 bits per heavy atom. The third-order valence-corrected chi connectivity index (χ3v) is 4.79. The predicted molar refractivity (Wildman–Crippen MR) is 116 cm³/mol. The fourth-order valence-corrected chi connectivity index (χ4v) is 3.21. The number of hydrogen-bond donors (Lipinski definition) is 0. The second kappa shape index (κ2) is 9.93. The van der Waals surface area contributed by atoms with Crippen LogP contribution < -0.4 is 0 Å². The highest BCUT2D eigenvalue weighted by Crippen LogP contribution is 2.23. The number of rotatable bonds is 7. The second-order valence-corrected chi connectivity index (χ2v) is 7.93. The summed E-state index contributed by atoms with van der Waals surface area (Å²) in [6.45, 7) is 9.09. The normalized spacial score (nSPS) is 12.4. The summed E-state index contributed by atoms with van der Waals surface area (Å²) in [5.41, 5.74) is 3.23. The van der Waals surface area contributed by atoms with Gasteiger partial charge in [-0.3, -0.25) is 4.79 Å². The average Bonchev–Trinajstić information content (AvgIpc) is 2.97. The summed E-state index contributed by atoms with van der Waals surface area (Å²) in [7, 11) is 3.19. The van der Waals surface area contributed by atoms with Crippen LogP contribution in [0.1, 0.15) is 42.5 Å². The van der Waals surface area contributed by atoms with E-state index in [1.165, 1.54) is 11.0 Å². The van der Waals surface area contributed by atoms with E-state index in [-0.39, 0.29) is 11.5 Å². The molecule has 0 radical (unpaired) electrons. The molecule has 0 fully saturated rings. The predicted octanol–water partition coefficient (Wildman–Crippen LogP) is 4.04. The zero-order valence-corrected chi connectivity index (χ0v) is 18.5. The summed E-state index contributed by atoms with van der Waals surface area (Å²) in [5, 5.41) is 9.58. The Bertz CT molecular complexity index is 979. The maximum atomic E-state index is 12.8. The summed E-state index contributed by atoms with van der Waals surface area (Å²) in [6.07, 6.45) is 0.419. The van der Waals surface area contributed by atoms with E-state index in [1.807, 2.05) is 32.0 Å². The van der Waals surface area contributed by atoms with Gasteiger partial charge in [-0.05, 0) is 37.5 Å². The van der Waals surface area contributed by atoms with E-state index >= 15 is 0 Å². The largest absolute Gasteiger partial charge is 0.443 e. The number of aryl methyl sites for hydroxylation is 1. The highest BCUT2D eigenvalue weighted by Gasteiger charge is 2.28. The molecule has 0 aliphatic heterocycles. The van der Waals surface area contributed by atoms with E-state index < -0.39 is 12.1 Å². The molecule has 2 aromatic rings. The second-order valence-electron chi connectivity index (χ2n) is 7.93. The minimum atomic E-state index is -1.11. The third-order valence-electron chi connectivity index (χ3n) is 4.79. The van der Waals surface area contributed by atoms with Crippen LogP contribution in [-0.4, -0.2) is 35.4 Å². The Morgan fingerprint density at radius 1 is 1.20 bits per heavy atom. The molecule has 1 atom stereocenters. The van der Waals surface area contributed by atoms with Gasteiger partial charge in [0.25, 0.3) is 5.91 Å². The van der Waals surface area contributed by atoms with E-state index in [4.69, 9.17) is 4.74 Å². The van der Waals surface area contributed by atoms with Crippen molar-refractivity contribution in [2.24, 2.45) is 5.92 Å². The van der Waals surface area contributed by atoms with Gasteiger partial charge in [-0.2, -0.15) is 5.26 Å². The number of hydrogen-bond acceptors (Lipinski definition) is 4. The minimum Gasteiger partial charge on any atom is -0.443 e. The zero-order chi connectivity index (χ0) is 22.4. The highest BCUT2D eigenvalue weighted by atomic mass is 16.5.